The average Bonchev–Trinajstić information content (AvgIpc) is 2.69. The molecule has 1 aliphatic carbocycles. The number of ether oxygens (including phenoxy) is 1. The van der Waals surface area contributed by atoms with Crippen molar-refractivity contribution < 1.29 is 14.3 Å². The summed E-state index contributed by atoms with van der Waals surface area (Å²) < 4.78 is 6.58. The molecule has 1 saturated carbocycles. The third-order valence-corrected chi connectivity index (χ3v) is 6.37. The summed E-state index contributed by atoms with van der Waals surface area (Å²) in [5.74, 6) is 0.194. The van der Waals surface area contributed by atoms with E-state index in [0.29, 0.717) is 32.0 Å². The molecule has 1 saturated heterocycles. The monoisotopic (exact) mass is 464 g/mol. The van der Waals surface area contributed by atoms with Gasteiger partial charge in [0.15, 0.2) is 0 Å². The third-order valence-electron chi connectivity index (χ3n) is 5.84. The van der Waals surface area contributed by atoms with E-state index in [1.54, 1.807) is 0 Å². The molecule has 160 valence electrons. The number of hydrogen-bond acceptors (Lipinski definition) is 4. The predicted octanol–water partition coefficient (Wildman–Crippen LogP) is 5.00. The van der Waals surface area contributed by atoms with Crippen LogP contribution < -0.4 is 5.32 Å². The van der Waals surface area contributed by atoms with Gasteiger partial charge in [-0.05, 0) is 83.6 Å². The normalized spacial score (nSPS) is 23.5. The second-order valence-electron chi connectivity index (χ2n) is 9.33. The number of hydrogen-bond donors (Lipinski definition) is 1. The Balaban J connectivity index is 1.42. The van der Waals surface area contributed by atoms with E-state index in [1.165, 1.54) is 0 Å². The first kappa shape index (κ1) is 22.1. The molecular formula is C23H33BrN2O3. The highest BCUT2D eigenvalue weighted by Gasteiger charge is 2.34. The van der Waals surface area contributed by atoms with Crippen LogP contribution in [0.3, 0.4) is 0 Å². The van der Waals surface area contributed by atoms with Crippen molar-refractivity contribution in [1.29, 1.82) is 0 Å². The molecule has 0 radical (unpaired) electrons. The Morgan fingerprint density at radius 1 is 0.966 bits per heavy atom. The molecule has 2 aliphatic rings. The summed E-state index contributed by atoms with van der Waals surface area (Å²) in [6.07, 6.45) is 5.31. The highest BCUT2D eigenvalue weighted by molar-refractivity contribution is 9.10. The predicted molar refractivity (Wildman–Crippen MR) is 119 cm³/mol. The van der Waals surface area contributed by atoms with Crippen LogP contribution in [0.4, 0.5) is 5.69 Å². The summed E-state index contributed by atoms with van der Waals surface area (Å²) in [6, 6.07) is 8.67. The number of likely N-dealkylation sites (tertiary alicyclic amines) is 1. The Bertz CT molecular complexity index is 698. The lowest BCUT2D eigenvalue weighted by Gasteiger charge is -2.36. The first-order valence-corrected chi connectivity index (χ1v) is 11.5. The molecule has 29 heavy (non-hydrogen) atoms. The molecule has 1 aromatic carbocycles. The molecule has 0 unspecified atom stereocenters. The lowest BCUT2D eigenvalue weighted by Crippen LogP contribution is -2.45. The lowest BCUT2D eigenvalue weighted by molar-refractivity contribution is -0.162. The van der Waals surface area contributed by atoms with E-state index in [9.17, 15) is 9.59 Å². The fourth-order valence-electron chi connectivity index (χ4n) is 4.25. The fourth-order valence-corrected chi connectivity index (χ4v) is 4.51. The van der Waals surface area contributed by atoms with Crippen LogP contribution in [-0.2, 0) is 14.3 Å². The Morgan fingerprint density at radius 2 is 1.55 bits per heavy atom. The molecule has 0 aromatic heterocycles. The highest BCUT2D eigenvalue weighted by Crippen LogP contribution is 2.30. The largest absolute Gasteiger partial charge is 0.460 e. The number of nitrogens with one attached hydrogen (secondary N) is 1. The van der Waals surface area contributed by atoms with Crippen molar-refractivity contribution in [2.45, 2.75) is 70.9 Å². The van der Waals surface area contributed by atoms with Gasteiger partial charge in [-0.25, -0.2) is 0 Å². The van der Waals surface area contributed by atoms with E-state index in [2.05, 4.69) is 33.4 Å². The van der Waals surface area contributed by atoms with Crippen LogP contribution in [0, 0.1) is 11.8 Å². The van der Waals surface area contributed by atoms with Crippen LogP contribution in [0.1, 0.15) is 59.3 Å². The van der Waals surface area contributed by atoms with Crippen molar-refractivity contribution in [1.82, 2.24) is 4.90 Å². The lowest BCUT2D eigenvalue weighted by atomic mass is 9.84. The van der Waals surface area contributed by atoms with Gasteiger partial charge in [0.05, 0.1) is 5.92 Å². The zero-order chi connectivity index (χ0) is 21.0. The quantitative estimate of drug-likeness (QED) is 0.636. The van der Waals surface area contributed by atoms with Gasteiger partial charge in [0, 0.05) is 35.2 Å². The molecule has 2 fully saturated rings. The molecule has 1 aromatic rings. The molecule has 1 heterocycles. The van der Waals surface area contributed by atoms with Crippen LogP contribution in [0.15, 0.2) is 28.7 Å². The van der Waals surface area contributed by atoms with E-state index in [1.807, 2.05) is 37.8 Å². The SMILES string of the molecule is CC(C)(C)OC(=O)C1CCN(C(=O)C2CCC(Nc3ccc(Br)cc3)CC2)CC1. The Hall–Kier alpha value is -1.56. The second kappa shape index (κ2) is 9.50. The number of benzene rings is 1. The summed E-state index contributed by atoms with van der Waals surface area (Å²) in [4.78, 5) is 27.2. The molecular weight excluding hydrogens is 432 g/mol. The number of halogens is 1. The van der Waals surface area contributed by atoms with Crippen molar-refractivity contribution in [3.8, 4) is 0 Å². The van der Waals surface area contributed by atoms with Gasteiger partial charge in [-0.15, -0.1) is 0 Å². The molecule has 1 amide bonds. The molecule has 0 bridgehead atoms. The topological polar surface area (TPSA) is 58.6 Å². The smallest absolute Gasteiger partial charge is 0.309 e. The van der Waals surface area contributed by atoms with Gasteiger partial charge < -0.3 is 15.0 Å². The van der Waals surface area contributed by atoms with Crippen LogP contribution >= 0.6 is 15.9 Å². The summed E-state index contributed by atoms with van der Waals surface area (Å²) in [6.45, 7) is 7.02. The van der Waals surface area contributed by atoms with Crippen molar-refractivity contribution in [2.75, 3.05) is 18.4 Å². The maximum Gasteiger partial charge on any atom is 0.309 e. The molecule has 1 aliphatic heterocycles. The molecule has 6 heteroatoms. The van der Waals surface area contributed by atoms with Gasteiger partial charge in [0.25, 0.3) is 0 Å². The summed E-state index contributed by atoms with van der Waals surface area (Å²) in [5.41, 5.74) is 0.680. The zero-order valence-electron chi connectivity index (χ0n) is 17.7. The molecule has 0 spiro atoms. The maximum absolute atomic E-state index is 12.9. The van der Waals surface area contributed by atoms with Crippen LogP contribution in [0.25, 0.3) is 0 Å². The maximum atomic E-state index is 12.9. The van der Waals surface area contributed by atoms with Gasteiger partial charge in [-0.1, -0.05) is 15.9 Å². The van der Waals surface area contributed by atoms with E-state index >= 15 is 0 Å². The fraction of sp³-hybridized carbons (Fsp3) is 0.652. The van der Waals surface area contributed by atoms with Crippen molar-refractivity contribution in [2.24, 2.45) is 11.8 Å². The highest BCUT2D eigenvalue weighted by atomic mass is 79.9. The Morgan fingerprint density at radius 3 is 2.10 bits per heavy atom. The minimum absolute atomic E-state index is 0.0795. The molecule has 5 nitrogen and oxygen atoms in total. The van der Waals surface area contributed by atoms with Crippen molar-refractivity contribution in [3.63, 3.8) is 0 Å². The van der Waals surface area contributed by atoms with E-state index in [4.69, 9.17) is 4.74 Å². The number of carbonyl (C=O) groups excluding carboxylic acids is 2. The zero-order valence-corrected chi connectivity index (χ0v) is 19.3. The standard InChI is InChI=1S/C23H33BrN2O3/c1-23(2,3)29-22(28)17-12-14-26(15-13-17)21(27)16-4-8-19(9-5-16)25-20-10-6-18(24)7-11-20/h6-7,10-11,16-17,19,25H,4-5,8-9,12-15H2,1-3H3. The van der Waals surface area contributed by atoms with Crippen molar-refractivity contribution in [3.05, 3.63) is 28.7 Å². The van der Waals surface area contributed by atoms with Crippen molar-refractivity contribution >= 4 is 33.5 Å². The minimum Gasteiger partial charge on any atom is -0.460 e. The Kier molecular flexibility index (Phi) is 7.25. The van der Waals surface area contributed by atoms with Gasteiger partial charge >= 0.3 is 5.97 Å². The second-order valence-corrected chi connectivity index (χ2v) is 10.2. The van der Waals surface area contributed by atoms with Gasteiger partial charge in [-0.3, -0.25) is 9.59 Å². The number of amides is 1. The number of esters is 1. The van der Waals surface area contributed by atoms with Crippen LogP contribution in [0.5, 0.6) is 0 Å². The molecule has 0 atom stereocenters. The van der Waals surface area contributed by atoms with E-state index in [-0.39, 0.29) is 23.7 Å². The minimum atomic E-state index is -0.451. The van der Waals surface area contributed by atoms with E-state index < -0.39 is 5.60 Å². The number of nitrogens with zero attached hydrogens (tertiary/aromatic N) is 1. The number of rotatable bonds is 4. The number of carbonyl (C=O) groups is 2. The van der Waals surface area contributed by atoms with Crippen LogP contribution in [-0.4, -0.2) is 41.5 Å². The van der Waals surface area contributed by atoms with Gasteiger partial charge in [0.1, 0.15) is 5.60 Å². The van der Waals surface area contributed by atoms with E-state index in [0.717, 1.165) is 35.8 Å². The number of anilines is 1. The van der Waals surface area contributed by atoms with Crippen LogP contribution in [0.2, 0.25) is 0 Å². The average molecular weight is 465 g/mol. The third kappa shape index (κ3) is 6.46. The van der Waals surface area contributed by atoms with Gasteiger partial charge in [0.2, 0.25) is 5.91 Å². The first-order chi connectivity index (χ1) is 13.7. The molecule has 3 rings (SSSR count). The first-order valence-electron chi connectivity index (χ1n) is 10.7. The summed E-state index contributed by atoms with van der Waals surface area (Å²) in [5, 5.41) is 3.59. The Labute approximate surface area is 182 Å². The summed E-state index contributed by atoms with van der Waals surface area (Å²) >= 11 is 3.46. The van der Waals surface area contributed by atoms with Gasteiger partial charge in [-0.2, -0.15) is 0 Å². The number of piperidine rings is 1. The molecule has 1 N–H and O–H groups in total. The summed E-state index contributed by atoms with van der Waals surface area (Å²) in [7, 11) is 0.